The highest BCUT2D eigenvalue weighted by Gasteiger charge is 2.22. The number of rotatable bonds is 4. The van der Waals surface area contributed by atoms with Gasteiger partial charge < -0.3 is 14.2 Å². The van der Waals surface area contributed by atoms with Crippen molar-refractivity contribution in [2.75, 3.05) is 20.8 Å². The van der Waals surface area contributed by atoms with Gasteiger partial charge in [0.25, 0.3) is 0 Å². The van der Waals surface area contributed by atoms with Crippen LogP contribution in [0.5, 0.6) is 11.5 Å². The quantitative estimate of drug-likeness (QED) is 0.801. The molecule has 2 rings (SSSR count). The summed E-state index contributed by atoms with van der Waals surface area (Å²) in [6.45, 7) is 3.28. The first-order valence-electron chi connectivity index (χ1n) is 6.36. The fraction of sp³-hybridized carbons (Fsp3) is 0.357. The van der Waals surface area contributed by atoms with E-state index in [-0.39, 0.29) is 18.2 Å². The highest BCUT2D eigenvalue weighted by Crippen LogP contribution is 2.33. The summed E-state index contributed by atoms with van der Waals surface area (Å²) >= 11 is 0. The first kappa shape index (κ1) is 14.8. The monoisotopic (exact) mass is 292 g/mol. The third-order valence-corrected chi connectivity index (χ3v) is 2.95. The highest BCUT2D eigenvalue weighted by molar-refractivity contribution is 6.05. The van der Waals surface area contributed by atoms with Crippen molar-refractivity contribution < 1.29 is 23.8 Å². The third-order valence-electron chi connectivity index (χ3n) is 2.95. The van der Waals surface area contributed by atoms with Gasteiger partial charge in [-0.25, -0.2) is 4.79 Å². The molecule has 0 amide bonds. The molecule has 1 heterocycles. The average Bonchev–Trinajstić information content (AvgIpc) is 2.84. The maximum atomic E-state index is 12.0. The van der Waals surface area contributed by atoms with Gasteiger partial charge in [-0.05, 0) is 13.0 Å². The van der Waals surface area contributed by atoms with E-state index in [1.807, 2.05) is 0 Å². The zero-order chi connectivity index (χ0) is 15.6. The molecule has 1 aromatic heterocycles. The number of esters is 1. The molecule has 21 heavy (non-hydrogen) atoms. The number of nitrogens with zero attached hydrogens (tertiary/aromatic N) is 2. The predicted octanol–water partition coefficient (Wildman–Crippen LogP) is 1.89. The van der Waals surface area contributed by atoms with Crippen LogP contribution in [0.4, 0.5) is 0 Å². The predicted molar refractivity (Wildman–Crippen MR) is 75.1 cm³/mol. The van der Waals surface area contributed by atoms with Crippen molar-refractivity contribution in [3.63, 3.8) is 0 Å². The van der Waals surface area contributed by atoms with Crippen LogP contribution >= 0.6 is 0 Å². The Kier molecular flexibility index (Phi) is 4.11. The minimum absolute atomic E-state index is 0.0722. The Morgan fingerprint density at radius 3 is 2.33 bits per heavy atom. The van der Waals surface area contributed by atoms with E-state index < -0.39 is 5.97 Å². The van der Waals surface area contributed by atoms with Gasteiger partial charge in [0.2, 0.25) is 5.91 Å². The van der Waals surface area contributed by atoms with Crippen molar-refractivity contribution in [1.29, 1.82) is 0 Å². The second-order valence-electron chi connectivity index (χ2n) is 4.22. The smallest absolute Gasteiger partial charge is 0.359 e. The Balaban J connectivity index is 2.75. The SMILES string of the molecule is CCOC(=O)c1nn(C(C)=O)c2cc(OC)c(OC)cc12. The van der Waals surface area contributed by atoms with E-state index in [1.54, 1.807) is 19.1 Å². The molecule has 0 aliphatic rings. The normalized spacial score (nSPS) is 10.5. The van der Waals surface area contributed by atoms with Crippen molar-refractivity contribution in [2.24, 2.45) is 0 Å². The van der Waals surface area contributed by atoms with Crippen molar-refractivity contribution in [3.8, 4) is 11.5 Å². The van der Waals surface area contributed by atoms with E-state index in [0.29, 0.717) is 22.4 Å². The molecule has 0 saturated carbocycles. The van der Waals surface area contributed by atoms with Gasteiger partial charge in [0.15, 0.2) is 17.2 Å². The van der Waals surface area contributed by atoms with Crippen LogP contribution in [0.3, 0.4) is 0 Å². The van der Waals surface area contributed by atoms with Gasteiger partial charge >= 0.3 is 5.97 Å². The van der Waals surface area contributed by atoms with Crippen LogP contribution in [0, 0.1) is 0 Å². The standard InChI is InChI=1S/C14H16N2O5/c1-5-21-14(18)13-9-6-11(19-3)12(20-4)7-10(9)16(15-13)8(2)17/h6-7H,5H2,1-4H3. The molecule has 0 aliphatic carbocycles. The van der Waals surface area contributed by atoms with Crippen LogP contribution < -0.4 is 9.47 Å². The Morgan fingerprint density at radius 2 is 1.81 bits per heavy atom. The van der Waals surface area contributed by atoms with E-state index in [4.69, 9.17) is 14.2 Å². The van der Waals surface area contributed by atoms with Gasteiger partial charge in [-0.2, -0.15) is 9.78 Å². The molecule has 0 fully saturated rings. The molecular weight excluding hydrogens is 276 g/mol. The van der Waals surface area contributed by atoms with E-state index in [2.05, 4.69) is 5.10 Å². The number of benzene rings is 1. The lowest BCUT2D eigenvalue weighted by molar-refractivity contribution is 0.0521. The molecule has 0 aliphatic heterocycles. The maximum Gasteiger partial charge on any atom is 0.359 e. The summed E-state index contributed by atoms with van der Waals surface area (Å²) in [6.07, 6.45) is 0. The number of aromatic nitrogens is 2. The molecule has 0 bridgehead atoms. The van der Waals surface area contributed by atoms with Crippen molar-refractivity contribution in [3.05, 3.63) is 17.8 Å². The van der Waals surface area contributed by atoms with E-state index in [9.17, 15) is 9.59 Å². The third kappa shape index (κ3) is 2.54. The fourth-order valence-electron chi connectivity index (χ4n) is 2.03. The number of ether oxygens (including phenoxy) is 3. The topological polar surface area (TPSA) is 79.7 Å². The Hall–Kier alpha value is -2.57. The van der Waals surface area contributed by atoms with Gasteiger partial charge in [-0.1, -0.05) is 0 Å². The van der Waals surface area contributed by atoms with Crippen LogP contribution in [0.1, 0.15) is 29.1 Å². The van der Waals surface area contributed by atoms with Gasteiger partial charge in [0.1, 0.15) is 0 Å². The summed E-state index contributed by atoms with van der Waals surface area (Å²) in [4.78, 5) is 23.7. The van der Waals surface area contributed by atoms with Gasteiger partial charge in [0, 0.05) is 18.4 Å². The number of fused-ring (bicyclic) bond motifs is 1. The number of hydrogen-bond acceptors (Lipinski definition) is 6. The van der Waals surface area contributed by atoms with Crippen LogP contribution in [-0.4, -0.2) is 42.5 Å². The summed E-state index contributed by atoms with van der Waals surface area (Å²) in [5.41, 5.74) is 0.534. The average molecular weight is 292 g/mol. The van der Waals surface area contributed by atoms with E-state index in [1.165, 1.54) is 21.1 Å². The molecule has 0 spiro atoms. The molecule has 0 radical (unpaired) electrons. The lowest BCUT2D eigenvalue weighted by Crippen LogP contribution is -2.10. The van der Waals surface area contributed by atoms with Crippen LogP contribution in [0.25, 0.3) is 10.9 Å². The lowest BCUT2D eigenvalue weighted by Gasteiger charge is -2.08. The molecule has 7 nitrogen and oxygen atoms in total. The molecule has 1 aromatic carbocycles. The molecular formula is C14H16N2O5. The van der Waals surface area contributed by atoms with Crippen LogP contribution in [0.2, 0.25) is 0 Å². The highest BCUT2D eigenvalue weighted by atomic mass is 16.5. The summed E-state index contributed by atoms with van der Waals surface area (Å²) in [5, 5.41) is 4.51. The molecule has 2 aromatic rings. The van der Waals surface area contributed by atoms with Crippen molar-refractivity contribution >= 4 is 22.8 Å². The second-order valence-corrected chi connectivity index (χ2v) is 4.22. The van der Waals surface area contributed by atoms with Crippen molar-refractivity contribution in [2.45, 2.75) is 13.8 Å². The Bertz CT molecular complexity index is 705. The van der Waals surface area contributed by atoms with Gasteiger partial charge in [0.05, 0.1) is 26.3 Å². The largest absolute Gasteiger partial charge is 0.493 e. The lowest BCUT2D eigenvalue weighted by atomic mass is 10.2. The molecule has 0 atom stereocenters. The van der Waals surface area contributed by atoms with Crippen molar-refractivity contribution in [1.82, 2.24) is 9.78 Å². The number of methoxy groups -OCH3 is 2. The molecule has 7 heteroatoms. The van der Waals surface area contributed by atoms with Crippen LogP contribution in [0.15, 0.2) is 12.1 Å². The first-order valence-corrected chi connectivity index (χ1v) is 6.36. The number of carbonyl (C=O) groups is 2. The first-order chi connectivity index (χ1) is 10.0. The molecule has 0 saturated heterocycles. The van der Waals surface area contributed by atoms with E-state index in [0.717, 1.165) is 4.68 Å². The summed E-state index contributed by atoms with van der Waals surface area (Å²) in [7, 11) is 2.98. The summed E-state index contributed by atoms with van der Waals surface area (Å²) in [6, 6.07) is 3.21. The Labute approximate surface area is 121 Å². The zero-order valence-electron chi connectivity index (χ0n) is 12.3. The van der Waals surface area contributed by atoms with Gasteiger partial charge in [-0.3, -0.25) is 4.79 Å². The van der Waals surface area contributed by atoms with Crippen LogP contribution in [-0.2, 0) is 4.74 Å². The minimum Gasteiger partial charge on any atom is -0.493 e. The Morgan fingerprint density at radius 1 is 1.19 bits per heavy atom. The molecule has 0 unspecified atom stereocenters. The fourth-order valence-corrected chi connectivity index (χ4v) is 2.03. The number of carbonyl (C=O) groups excluding carboxylic acids is 2. The number of hydrogen-bond donors (Lipinski definition) is 0. The summed E-state index contributed by atoms with van der Waals surface area (Å²) in [5.74, 6) is -0.0149. The van der Waals surface area contributed by atoms with E-state index >= 15 is 0 Å². The molecule has 0 N–H and O–H groups in total. The molecule has 112 valence electrons. The maximum absolute atomic E-state index is 12.0. The zero-order valence-corrected chi connectivity index (χ0v) is 12.3. The second kappa shape index (κ2) is 5.82. The van der Waals surface area contributed by atoms with Gasteiger partial charge in [-0.15, -0.1) is 0 Å². The summed E-state index contributed by atoms with van der Waals surface area (Å²) < 4.78 is 16.5. The minimum atomic E-state index is -0.588.